The third-order valence-electron chi connectivity index (χ3n) is 4.36. The molecule has 2 aromatic carbocycles. The predicted octanol–water partition coefficient (Wildman–Crippen LogP) is 4.34. The van der Waals surface area contributed by atoms with E-state index in [0.717, 1.165) is 30.2 Å². The zero-order chi connectivity index (χ0) is 20.1. The lowest BCUT2D eigenvalue weighted by Crippen LogP contribution is -2.32. The molecule has 150 valence electrons. The van der Waals surface area contributed by atoms with Crippen LogP contribution in [-0.4, -0.2) is 27.0 Å². The molecule has 0 aromatic heterocycles. The highest BCUT2D eigenvalue weighted by Gasteiger charge is 2.23. The number of hydrogen-bond acceptors (Lipinski definition) is 4. The maximum absolute atomic E-state index is 12.5. The fourth-order valence-electron chi connectivity index (χ4n) is 3.00. The van der Waals surface area contributed by atoms with Gasteiger partial charge in [0.1, 0.15) is 5.75 Å². The van der Waals surface area contributed by atoms with Gasteiger partial charge in [-0.25, -0.2) is 13.1 Å². The summed E-state index contributed by atoms with van der Waals surface area (Å²) >= 11 is 9.49. The van der Waals surface area contributed by atoms with Crippen molar-refractivity contribution in [3.8, 4) is 5.75 Å². The lowest BCUT2D eigenvalue weighted by Gasteiger charge is -2.14. The van der Waals surface area contributed by atoms with E-state index in [-0.39, 0.29) is 34.2 Å². The van der Waals surface area contributed by atoms with Crippen molar-refractivity contribution in [2.75, 3.05) is 11.9 Å². The number of hydrogen-bond donors (Lipinski definition) is 2. The second kappa shape index (κ2) is 9.26. The Morgan fingerprint density at radius 3 is 2.61 bits per heavy atom. The van der Waals surface area contributed by atoms with Crippen LogP contribution in [0.1, 0.15) is 25.7 Å². The van der Waals surface area contributed by atoms with E-state index in [1.165, 1.54) is 18.2 Å². The van der Waals surface area contributed by atoms with E-state index in [2.05, 4.69) is 26.0 Å². The van der Waals surface area contributed by atoms with Crippen LogP contribution >= 0.6 is 27.5 Å². The number of benzene rings is 2. The molecule has 1 amide bonds. The molecule has 2 aromatic rings. The van der Waals surface area contributed by atoms with E-state index < -0.39 is 10.0 Å². The number of sulfonamides is 1. The van der Waals surface area contributed by atoms with Crippen LogP contribution in [0.5, 0.6) is 5.75 Å². The molecule has 1 fully saturated rings. The van der Waals surface area contributed by atoms with E-state index in [4.69, 9.17) is 16.3 Å². The number of rotatable bonds is 7. The van der Waals surface area contributed by atoms with Crippen LogP contribution in [0.4, 0.5) is 5.69 Å². The SMILES string of the molecule is O=C(COc1ccc(S(=O)(=O)NC2CCCC2)cc1Cl)Nc1cccc(Br)c1. The first-order valence-electron chi connectivity index (χ1n) is 8.83. The van der Waals surface area contributed by atoms with Crippen LogP contribution < -0.4 is 14.8 Å². The van der Waals surface area contributed by atoms with E-state index in [9.17, 15) is 13.2 Å². The minimum absolute atomic E-state index is 0.0265. The average molecular weight is 488 g/mol. The highest BCUT2D eigenvalue weighted by atomic mass is 79.9. The van der Waals surface area contributed by atoms with Crippen LogP contribution in [0.15, 0.2) is 51.8 Å². The lowest BCUT2D eigenvalue weighted by atomic mass is 10.3. The number of halogens is 2. The standard InChI is InChI=1S/C19H20BrClN2O4S/c20-13-4-3-7-15(10-13)22-19(24)12-27-18-9-8-16(11-17(18)21)28(25,26)23-14-5-1-2-6-14/h3-4,7-11,14,23H,1-2,5-6,12H2,(H,22,24). The zero-order valence-corrected chi connectivity index (χ0v) is 18.1. The third kappa shape index (κ3) is 5.70. The predicted molar refractivity (Wildman–Crippen MR) is 112 cm³/mol. The molecule has 0 unspecified atom stereocenters. The van der Waals surface area contributed by atoms with Crippen LogP contribution in [0, 0.1) is 0 Å². The van der Waals surface area contributed by atoms with Gasteiger partial charge in [-0.05, 0) is 49.2 Å². The Balaban J connectivity index is 1.60. The number of ether oxygens (including phenoxy) is 1. The van der Waals surface area contributed by atoms with Gasteiger partial charge in [-0.2, -0.15) is 0 Å². The summed E-state index contributed by atoms with van der Waals surface area (Å²) in [5, 5.41) is 2.83. The minimum atomic E-state index is -3.63. The maximum atomic E-state index is 12.5. The quantitative estimate of drug-likeness (QED) is 0.608. The minimum Gasteiger partial charge on any atom is -0.482 e. The molecule has 0 radical (unpaired) electrons. The number of carbonyl (C=O) groups is 1. The second-order valence-corrected chi connectivity index (χ2v) is 9.58. The molecule has 6 nitrogen and oxygen atoms in total. The molecule has 0 saturated heterocycles. The first-order chi connectivity index (χ1) is 13.3. The van der Waals surface area contributed by atoms with Gasteiger partial charge >= 0.3 is 0 Å². The molecule has 0 spiro atoms. The van der Waals surface area contributed by atoms with Crippen LogP contribution in [0.25, 0.3) is 0 Å². The molecule has 1 saturated carbocycles. The summed E-state index contributed by atoms with van der Waals surface area (Å²) in [6.45, 7) is -0.251. The van der Waals surface area contributed by atoms with Crippen LogP contribution in [0.2, 0.25) is 5.02 Å². The normalized spacial score (nSPS) is 14.8. The first-order valence-corrected chi connectivity index (χ1v) is 11.5. The number of anilines is 1. The Bertz CT molecular complexity index is 962. The van der Waals surface area contributed by atoms with Crippen molar-refractivity contribution in [2.45, 2.75) is 36.6 Å². The molecule has 9 heteroatoms. The van der Waals surface area contributed by atoms with Crippen LogP contribution in [-0.2, 0) is 14.8 Å². The number of amides is 1. The molecule has 1 aliphatic rings. The fourth-order valence-corrected chi connectivity index (χ4v) is 5.03. The van der Waals surface area contributed by atoms with E-state index >= 15 is 0 Å². The van der Waals surface area contributed by atoms with Crippen molar-refractivity contribution in [1.29, 1.82) is 0 Å². The van der Waals surface area contributed by atoms with Crippen molar-refractivity contribution in [3.05, 3.63) is 52.0 Å². The number of carbonyl (C=O) groups excluding carboxylic acids is 1. The summed E-state index contributed by atoms with van der Waals surface area (Å²) in [7, 11) is -3.63. The average Bonchev–Trinajstić information content (AvgIpc) is 3.13. The molecular weight excluding hydrogens is 468 g/mol. The molecule has 1 aliphatic carbocycles. The van der Waals surface area contributed by atoms with Gasteiger partial charge in [-0.1, -0.05) is 46.4 Å². The molecular formula is C19H20BrClN2O4S. The summed E-state index contributed by atoms with van der Waals surface area (Å²) < 4.78 is 33.9. The molecule has 0 bridgehead atoms. The topological polar surface area (TPSA) is 84.5 Å². The highest BCUT2D eigenvalue weighted by molar-refractivity contribution is 9.10. The highest BCUT2D eigenvalue weighted by Crippen LogP contribution is 2.28. The molecule has 28 heavy (non-hydrogen) atoms. The molecule has 2 N–H and O–H groups in total. The van der Waals surface area contributed by atoms with Crippen molar-refractivity contribution in [2.24, 2.45) is 0 Å². The van der Waals surface area contributed by atoms with Crippen molar-refractivity contribution < 1.29 is 17.9 Å². The summed E-state index contributed by atoms with van der Waals surface area (Å²) in [4.78, 5) is 12.1. The van der Waals surface area contributed by atoms with Crippen molar-refractivity contribution >= 4 is 49.1 Å². The van der Waals surface area contributed by atoms with Gasteiger partial charge in [0.05, 0.1) is 9.92 Å². The van der Waals surface area contributed by atoms with Crippen LogP contribution in [0.3, 0.4) is 0 Å². The van der Waals surface area contributed by atoms with Gasteiger partial charge in [0.25, 0.3) is 5.91 Å². The van der Waals surface area contributed by atoms with Crippen molar-refractivity contribution in [3.63, 3.8) is 0 Å². The van der Waals surface area contributed by atoms with E-state index in [0.29, 0.717) is 5.69 Å². The summed E-state index contributed by atoms with van der Waals surface area (Å²) in [6.07, 6.45) is 3.76. The third-order valence-corrected chi connectivity index (χ3v) is 6.66. The molecule has 0 atom stereocenters. The Hall–Kier alpha value is -1.61. The van der Waals surface area contributed by atoms with Gasteiger partial charge < -0.3 is 10.1 Å². The fraction of sp³-hybridized carbons (Fsp3) is 0.316. The van der Waals surface area contributed by atoms with Gasteiger partial charge in [0.2, 0.25) is 10.0 Å². The summed E-state index contributed by atoms with van der Waals surface area (Å²) in [5.74, 6) is -0.111. The van der Waals surface area contributed by atoms with E-state index in [1.54, 1.807) is 18.2 Å². The first kappa shape index (κ1) is 21.1. The maximum Gasteiger partial charge on any atom is 0.262 e. The summed E-state index contributed by atoms with van der Waals surface area (Å²) in [5.41, 5.74) is 0.633. The Morgan fingerprint density at radius 1 is 1.18 bits per heavy atom. The monoisotopic (exact) mass is 486 g/mol. The lowest BCUT2D eigenvalue weighted by molar-refractivity contribution is -0.118. The van der Waals surface area contributed by atoms with Gasteiger partial charge in [-0.15, -0.1) is 0 Å². The van der Waals surface area contributed by atoms with Gasteiger partial charge in [0, 0.05) is 16.2 Å². The second-order valence-electron chi connectivity index (χ2n) is 6.54. The number of nitrogens with one attached hydrogen (secondary N) is 2. The zero-order valence-electron chi connectivity index (χ0n) is 15.0. The largest absolute Gasteiger partial charge is 0.482 e. The van der Waals surface area contributed by atoms with Crippen molar-refractivity contribution in [1.82, 2.24) is 4.72 Å². The Morgan fingerprint density at radius 2 is 1.93 bits per heavy atom. The van der Waals surface area contributed by atoms with Gasteiger partial charge in [0.15, 0.2) is 6.61 Å². The Kier molecular flexibility index (Phi) is 6.98. The molecule has 0 aliphatic heterocycles. The molecule has 0 heterocycles. The molecule has 3 rings (SSSR count). The Labute approximate surface area is 177 Å². The van der Waals surface area contributed by atoms with Gasteiger partial charge in [-0.3, -0.25) is 4.79 Å². The smallest absolute Gasteiger partial charge is 0.262 e. The van der Waals surface area contributed by atoms with E-state index in [1.807, 2.05) is 6.07 Å². The summed E-state index contributed by atoms with van der Waals surface area (Å²) in [6, 6.07) is 11.4.